The number of guanidine groups is 2. The Bertz CT molecular complexity index is 3870. The number of aliphatic carboxylic acids is 1. The maximum atomic E-state index is 14.5. The number of aliphatic hydroxyl groups is 1. The van der Waals surface area contributed by atoms with Crippen LogP contribution in [0.2, 0.25) is 0 Å². The Balaban J connectivity index is 1.87. The van der Waals surface area contributed by atoms with Crippen molar-refractivity contribution in [3.05, 3.63) is 89.5 Å². The predicted molar refractivity (Wildman–Crippen MR) is 439 cm³/mol. The van der Waals surface area contributed by atoms with E-state index < -0.39 is 196 Å². The summed E-state index contributed by atoms with van der Waals surface area (Å²) in [7, 11) is 0. The number of primary amides is 1. The highest BCUT2D eigenvalue weighted by Crippen LogP contribution is 2.21. The van der Waals surface area contributed by atoms with E-state index in [9.17, 15) is 92.7 Å². The lowest BCUT2D eigenvalue weighted by molar-refractivity contribution is -0.142. The van der Waals surface area contributed by atoms with Crippen LogP contribution in [0.3, 0.4) is 0 Å². The van der Waals surface area contributed by atoms with Gasteiger partial charge in [-0.25, -0.2) is 4.79 Å². The minimum absolute atomic E-state index is 0.0288. The minimum Gasteiger partial charge on any atom is -0.508 e. The van der Waals surface area contributed by atoms with Gasteiger partial charge in [0.25, 0.3) is 0 Å². The van der Waals surface area contributed by atoms with Crippen LogP contribution >= 0.6 is 25.3 Å². The highest BCUT2D eigenvalue weighted by Gasteiger charge is 2.41. The van der Waals surface area contributed by atoms with E-state index in [4.69, 9.17) is 56.7 Å². The Labute approximate surface area is 692 Å². The second kappa shape index (κ2) is 51.7. The molecule has 13 amide bonds. The van der Waals surface area contributed by atoms with Crippen LogP contribution in [0.15, 0.2) is 72.8 Å². The molecule has 0 spiro atoms. The van der Waals surface area contributed by atoms with Gasteiger partial charge >= 0.3 is 5.97 Å². The highest BCUT2D eigenvalue weighted by atomic mass is 32.1. The van der Waals surface area contributed by atoms with Crippen molar-refractivity contribution in [1.29, 1.82) is 10.8 Å². The number of hydrogen-bond donors (Lipinski definition) is 31. The molecule has 118 heavy (non-hydrogen) atoms. The van der Waals surface area contributed by atoms with Crippen molar-refractivity contribution >= 4 is 120 Å². The molecule has 0 aliphatic rings. The molecule has 3 rings (SSSR count). The zero-order chi connectivity index (χ0) is 88.5. The molecule has 3 aromatic carbocycles. The van der Waals surface area contributed by atoms with Gasteiger partial charge in [0.05, 0.1) is 18.6 Å². The normalized spacial score (nSPS) is 14.7. The number of phenolic OH excluding ortho intramolecular Hbond substituents is 3. The van der Waals surface area contributed by atoms with Crippen molar-refractivity contribution in [3.8, 4) is 17.2 Å². The van der Waals surface area contributed by atoms with Gasteiger partial charge in [0.2, 0.25) is 76.8 Å². The molecule has 14 atom stereocenters. The van der Waals surface area contributed by atoms with Crippen LogP contribution in [0, 0.1) is 10.8 Å². The van der Waals surface area contributed by atoms with Crippen LogP contribution in [0.4, 0.5) is 0 Å². The molecular formula is C73H116N24O19S2. The monoisotopic (exact) mass is 1700 g/mol. The number of nitrogens with two attached hydrogens (primary N) is 8. The summed E-state index contributed by atoms with van der Waals surface area (Å²) in [5.74, 6) is -16.6. The molecule has 0 aromatic heterocycles. The molecule has 0 saturated carbocycles. The molecule has 654 valence electrons. The standard InChI is InChI=1S/C73H116N24O19S2/c1-37(98)56(68(113)91-49(24-28-76)63(108)86-45(8-4-5-26-74)61(106)95-54(36-117)67(112)90-48(23-27-75)62(107)87-47(10-7-31-85-72(82)83)60(105)94-53(70(115)116)34-40-15-21-43(101)22-16-40)96-64(109)50(25-29-77)89-59(104)46(9-6-30-84-71(80)81)88-65(110)52(35-55(79)102)93-69(114)57(73(2,3)118)97-66(111)51(33-39-13-19-42(100)20-14-39)92-58(103)44(78)32-38-11-17-41(99)18-12-38/h11-22,37,44-54,56-57,98-101,117-118H,4-10,23-36,74-78H2,1-3H3,(H2,79,102)(H,86,108)(H,87,107)(H,88,110)(H,89,104)(H,90,112)(H,91,113)(H,92,103)(H,93,114)(H,94,105)(H,95,106)(H,96,109)(H,97,111)(H,115,116)(H4,80,81,84)(H4,82,83,85)/t37-,44+,45+,46+,47+,48+,49-,50+,51+,52+,53+,54+,56+,57-/m1/s1. The van der Waals surface area contributed by atoms with Gasteiger partial charge in [0.15, 0.2) is 11.9 Å². The average Bonchev–Trinajstić information content (AvgIpc) is 1.02. The number of amides is 13. The van der Waals surface area contributed by atoms with Crippen molar-refractivity contribution < 1.29 is 92.7 Å². The largest absolute Gasteiger partial charge is 0.508 e. The van der Waals surface area contributed by atoms with Crippen molar-refractivity contribution in [2.24, 2.45) is 45.9 Å². The van der Waals surface area contributed by atoms with E-state index in [0.717, 1.165) is 6.92 Å². The Morgan fingerprint density at radius 2 is 0.712 bits per heavy atom. The van der Waals surface area contributed by atoms with Gasteiger partial charge in [-0.05, 0) is 171 Å². The van der Waals surface area contributed by atoms with Gasteiger partial charge in [-0.1, -0.05) is 36.4 Å². The first-order chi connectivity index (χ1) is 55.6. The van der Waals surface area contributed by atoms with Crippen molar-refractivity contribution in [3.63, 3.8) is 0 Å². The lowest BCUT2D eigenvalue weighted by Gasteiger charge is -2.32. The molecule has 37 N–H and O–H groups in total. The number of rotatable bonds is 54. The fraction of sp³-hybridized carbons (Fsp3) is 0.534. The third-order valence-electron chi connectivity index (χ3n) is 18.0. The highest BCUT2D eigenvalue weighted by molar-refractivity contribution is 7.81. The smallest absolute Gasteiger partial charge is 0.326 e. The topological polar surface area (TPSA) is 764 Å². The van der Waals surface area contributed by atoms with Gasteiger partial charge < -0.3 is 146 Å². The number of carbonyl (C=O) groups excluding carboxylic acids is 13. The fourth-order valence-corrected chi connectivity index (χ4v) is 12.0. The zero-order valence-electron chi connectivity index (χ0n) is 65.8. The van der Waals surface area contributed by atoms with Crippen LogP contribution in [0.1, 0.15) is 108 Å². The summed E-state index contributed by atoms with van der Waals surface area (Å²) in [5, 5.41) is 100. The number of aliphatic hydroxyl groups excluding tert-OH is 1. The first-order valence-corrected chi connectivity index (χ1v) is 39.0. The SMILES string of the molecule is C[C@@H](O)[C@H](NC(=O)[C@H](CCN)NC(=O)[C@H](CCCNC(=N)N)NC(=O)[C@H](CC(N)=O)NC(=O)[C@@H](NC(=O)[C@H](Cc1ccc(O)cc1)NC(=O)[C@@H](N)Cc1ccc(O)cc1)C(C)(C)S)C(=O)N[C@H](CCN)C(=O)N[C@@H](CCCCN)C(=O)N[C@@H](CS)C(=O)N[C@@H](CCN)C(=O)N[C@@H](CCCNC(=N)N)C(=O)N[C@@H](Cc1ccc(O)cc1)C(=O)O. The molecular weight excluding hydrogens is 1580 g/mol. The van der Waals surface area contributed by atoms with E-state index in [-0.39, 0.29) is 134 Å². The summed E-state index contributed by atoms with van der Waals surface area (Å²) in [6.07, 6.45) is -4.11. The number of aromatic hydroxyl groups is 3. The number of carbonyl (C=O) groups is 14. The summed E-state index contributed by atoms with van der Waals surface area (Å²) < 4.78 is -1.51. The van der Waals surface area contributed by atoms with Crippen LogP contribution in [-0.4, -0.2) is 255 Å². The molecule has 0 radical (unpaired) electrons. The predicted octanol–water partition coefficient (Wildman–Crippen LogP) is -8.34. The maximum Gasteiger partial charge on any atom is 0.326 e. The number of hydrogen-bond acceptors (Lipinski definition) is 27. The Morgan fingerprint density at radius 3 is 1.07 bits per heavy atom. The first-order valence-electron chi connectivity index (χ1n) is 37.9. The van der Waals surface area contributed by atoms with E-state index >= 15 is 0 Å². The van der Waals surface area contributed by atoms with Gasteiger partial charge in [-0.3, -0.25) is 73.1 Å². The number of unbranched alkanes of at least 4 members (excludes halogenated alkanes) is 1. The number of benzene rings is 3. The Hall–Kier alpha value is -11.4. The molecule has 0 aliphatic carbocycles. The van der Waals surface area contributed by atoms with Crippen LogP contribution in [0.5, 0.6) is 17.2 Å². The summed E-state index contributed by atoms with van der Waals surface area (Å²) in [6, 6.07) is -3.67. The fourth-order valence-electron chi connectivity index (χ4n) is 11.6. The van der Waals surface area contributed by atoms with E-state index in [1.54, 1.807) is 12.1 Å². The van der Waals surface area contributed by atoms with Gasteiger partial charge in [-0.2, -0.15) is 25.3 Å². The van der Waals surface area contributed by atoms with Gasteiger partial charge in [0.1, 0.15) is 89.8 Å². The maximum absolute atomic E-state index is 14.5. The molecule has 0 fully saturated rings. The van der Waals surface area contributed by atoms with Gasteiger partial charge in [-0.15, -0.1) is 0 Å². The Kier molecular flexibility index (Phi) is 44.1. The third kappa shape index (κ3) is 36.9. The van der Waals surface area contributed by atoms with Crippen LogP contribution in [-0.2, 0) is 86.4 Å². The lowest BCUT2D eigenvalue weighted by atomic mass is 9.98. The summed E-state index contributed by atoms with van der Waals surface area (Å²) >= 11 is 8.83. The lowest BCUT2D eigenvalue weighted by Crippen LogP contribution is -2.63. The third-order valence-corrected chi connectivity index (χ3v) is 18.6. The molecule has 0 heterocycles. The molecule has 3 aromatic rings. The summed E-state index contributed by atoms with van der Waals surface area (Å²) in [6.45, 7) is 3.22. The van der Waals surface area contributed by atoms with Crippen molar-refractivity contribution in [1.82, 2.24) is 74.4 Å². The number of carboxylic acid groups (broad SMARTS) is 1. The molecule has 0 saturated heterocycles. The number of carboxylic acids is 1. The summed E-state index contributed by atoms with van der Waals surface area (Å²) in [4.78, 5) is 195. The van der Waals surface area contributed by atoms with E-state index in [1.165, 1.54) is 74.5 Å². The van der Waals surface area contributed by atoms with E-state index in [0.29, 0.717) is 23.1 Å². The quantitative estimate of drug-likeness (QED) is 0.0108. The molecule has 43 nitrogen and oxygen atoms in total. The summed E-state index contributed by atoms with van der Waals surface area (Å²) in [5.41, 5.74) is 47.7. The molecule has 0 aliphatic heterocycles. The molecule has 0 bridgehead atoms. The van der Waals surface area contributed by atoms with Gasteiger partial charge in [0, 0.05) is 36.4 Å². The average molecular weight is 1700 g/mol. The second-order valence-electron chi connectivity index (χ2n) is 28.3. The molecule has 0 unspecified atom stereocenters. The van der Waals surface area contributed by atoms with E-state index in [1.807, 2.05) is 0 Å². The molecule has 45 heteroatoms. The van der Waals surface area contributed by atoms with Crippen molar-refractivity contribution in [2.45, 2.75) is 200 Å². The number of phenols is 3. The number of thiol groups is 2. The minimum atomic E-state index is -1.93. The number of nitrogens with one attached hydrogen (secondary N) is 16. The zero-order valence-corrected chi connectivity index (χ0v) is 67.6. The van der Waals surface area contributed by atoms with Crippen LogP contribution in [0.25, 0.3) is 0 Å². The van der Waals surface area contributed by atoms with Crippen LogP contribution < -0.4 is 120 Å². The van der Waals surface area contributed by atoms with E-state index in [2.05, 4.69) is 99.7 Å². The second-order valence-corrected chi connectivity index (χ2v) is 29.8. The first kappa shape index (κ1) is 101. The Morgan fingerprint density at radius 1 is 0.398 bits per heavy atom. The van der Waals surface area contributed by atoms with Crippen molar-refractivity contribution in [2.75, 3.05) is 45.0 Å².